The molecule has 3 atom stereocenters. The van der Waals surface area contributed by atoms with E-state index >= 15 is 0 Å². The maximum atomic E-state index is 11.5. The summed E-state index contributed by atoms with van der Waals surface area (Å²) < 4.78 is 5.03. The number of fused-ring (bicyclic) bond motifs is 1. The molecular weight excluding hydrogens is 178 g/mol. The minimum Gasteiger partial charge on any atom is -0.465 e. The van der Waals surface area contributed by atoms with E-state index in [0.717, 1.165) is 12.3 Å². The van der Waals surface area contributed by atoms with E-state index in [-0.39, 0.29) is 12.0 Å². The quantitative estimate of drug-likeness (QED) is 0.681. The van der Waals surface area contributed by atoms with Gasteiger partial charge in [-0.1, -0.05) is 12.8 Å². The van der Waals surface area contributed by atoms with Crippen LogP contribution in [0.15, 0.2) is 0 Å². The number of hydrogen-bond acceptors (Lipinski definition) is 3. The molecule has 3 heteroatoms. The molecule has 0 amide bonds. The monoisotopic (exact) mass is 197 g/mol. The first-order chi connectivity index (χ1) is 6.81. The predicted molar refractivity (Wildman–Crippen MR) is 53.9 cm³/mol. The lowest BCUT2D eigenvalue weighted by molar-refractivity contribution is -0.145. The van der Waals surface area contributed by atoms with Crippen molar-refractivity contribution in [3.8, 4) is 0 Å². The average molecular weight is 197 g/mol. The molecule has 1 aliphatic carbocycles. The second-order valence-corrected chi connectivity index (χ2v) is 4.36. The number of esters is 1. The highest BCUT2D eigenvalue weighted by molar-refractivity contribution is 5.76. The Hall–Kier alpha value is -0.570. The van der Waals surface area contributed by atoms with Crippen LogP contribution in [-0.2, 0) is 9.53 Å². The van der Waals surface area contributed by atoms with E-state index in [1.807, 2.05) is 6.92 Å². The van der Waals surface area contributed by atoms with Gasteiger partial charge in [0.05, 0.1) is 6.61 Å². The summed E-state index contributed by atoms with van der Waals surface area (Å²) in [6, 6.07) is 0.557. The molecule has 0 radical (unpaired) electrons. The lowest BCUT2D eigenvalue weighted by Crippen LogP contribution is -2.38. The predicted octanol–water partition coefficient (Wildman–Crippen LogP) is 1.47. The van der Waals surface area contributed by atoms with Gasteiger partial charge in [0.2, 0.25) is 0 Å². The Kier molecular flexibility index (Phi) is 3.06. The molecule has 0 unspecified atom stereocenters. The standard InChI is InChI=1S/C11H19NO2/c1-2-14-11(13)10-7-8-5-3-4-6-9(8)12-10/h8-10,12H,2-7H2,1H3/t8-,9-,10+/m1/s1. The van der Waals surface area contributed by atoms with Crippen LogP contribution >= 0.6 is 0 Å². The molecule has 80 valence electrons. The van der Waals surface area contributed by atoms with Gasteiger partial charge in [0.1, 0.15) is 6.04 Å². The van der Waals surface area contributed by atoms with Crippen LogP contribution in [0.4, 0.5) is 0 Å². The second kappa shape index (κ2) is 4.30. The lowest BCUT2D eigenvalue weighted by Gasteiger charge is -2.24. The van der Waals surface area contributed by atoms with Crippen molar-refractivity contribution in [1.29, 1.82) is 0 Å². The maximum absolute atomic E-state index is 11.5. The summed E-state index contributed by atoms with van der Waals surface area (Å²) in [5.74, 6) is 0.667. The van der Waals surface area contributed by atoms with Gasteiger partial charge in [-0.25, -0.2) is 0 Å². The Labute approximate surface area is 85.2 Å². The number of ether oxygens (including phenoxy) is 1. The van der Waals surface area contributed by atoms with Gasteiger partial charge in [-0.05, 0) is 32.1 Å². The van der Waals surface area contributed by atoms with Crippen LogP contribution in [0.3, 0.4) is 0 Å². The molecule has 0 aromatic rings. The molecule has 2 aliphatic rings. The van der Waals surface area contributed by atoms with Crippen LogP contribution in [0.2, 0.25) is 0 Å². The van der Waals surface area contributed by atoms with Crippen LogP contribution in [0.1, 0.15) is 39.0 Å². The van der Waals surface area contributed by atoms with E-state index in [1.54, 1.807) is 0 Å². The second-order valence-electron chi connectivity index (χ2n) is 4.36. The van der Waals surface area contributed by atoms with Crippen molar-refractivity contribution in [2.24, 2.45) is 5.92 Å². The van der Waals surface area contributed by atoms with Crippen molar-refractivity contribution in [2.75, 3.05) is 6.61 Å². The minimum absolute atomic E-state index is 0.0250. The van der Waals surface area contributed by atoms with Gasteiger partial charge in [-0.2, -0.15) is 0 Å². The minimum atomic E-state index is -0.0538. The highest BCUT2D eigenvalue weighted by Crippen LogP contribution is 2.33. The molecule has 2 rings (SSSR count). The molecule has 3 nitrogen and oxygen atoms in total. The fourth-order valence-corrected chi connectivity index (χ4v) is 2.75. The Morgan fingerprint density at radius 3 is 2.93 bits per heavy atom. The van der Waals surface area contributed by atoms with Crippen molar-refractivity contribution < 1.29 is 9.53 Å². The van der Waals surface area contributed by atoms with Crippen molar-refractivity contribution >= 4 is 5.97 Å². The van der Waals surface area contributed by atoms with Crippen molar-refractivity contribution in [1.82, 2.24) is 5.32 Å². The third-order valence-electron chi connectivity index (χ3n) is 3.43. The highest BCUT2D eigenvalue weighted by Gasteiger charge is 2.38. The van der Waals surface area contributed by atoms with E-state index in [1.165, 1.54) is 25.7 Å². The molecule has 2 fully saturated rings. The molecule has 0 bridgehead atoms. The SMILES string of the molecule is CCOC(=O)[C@@H]1C[C@H]2CCCC[C@H]2N1. The number of hydrogen-bond donors (Lipinski definition) is 1. The molecule has 1 heterocycles. The van der Waals surface area contributed by atoms with E-state index in [4.69, 9.17) is 4.74 Å². The zero-order valence-electron chi connectivity index (χ0n) is 8.79. The Morgan fingerprint density at radius 1 is 1.43 bits per heavy atom. The van der Waals surface area contributed by atoms with Crippen molar-refractivity contribution in [2.45, 2.75) is 51.1 Å². The van der Waals surface area contributed by atoms with E-state index in [2.05, 4.69) is 5.32 Å². The van der Waals surface area contributed by atoms with Gasteiger partial charge >= 0.3 is 5.97 Å². The summed E-state index contributed by atoms with van der Waals surface area (Å²) in [7, 11) is 0. The van der Waals surface area contributed by atoms with Crippen molar-refractivity contribution in [3.63, 3.8) is 0 Å². The lowest BCUT2D eigenvalue weighted by atomic mass is 9.85. The summed E-state index contributed by atoms with van der Waals surface area (Å²) in [4.78, 5) is 11.5. The summed E-state index contributed by atoms with van der Waals surface area (Å²) in [5.41, 5.74) is 0. The maximum Gasteiger partial charge on any atom is 0.323 e. The molecule has 1 N–H and O–H groups in total. The Morgan fingerprint density at radius 2 is 2.21 bits per heavy atom. The molecule has 0 aromatic carbocycles. The highest BCUT2D eigenvalue weighted by atomic mass is 16.5. The number of nitrogens with one attached hydrogen (secondary N) is 1. The van der Waals surface area contributed by atoms with Crippen molar-refractivity contribution in [3.05, 3.63) is 0 Å². The van der Waals surface area contributed by atoms with E-state index < -0.39 is 0 Å². The molecule has 14 heavy (non-hydrogen) atoms. The molecular formula is C11H19NO2. The number of carbonyl (C=O) groups is 1. The third kappa shape index (κ3) is 1.92. The van der Waals surface area contributed by atoms with Gasteiger partial charge in [0.15, 0.2) is 0 Å². The molecule has 1 saturated heterocycles. The van der Waals surface area contributed by atoms with E-state index in [9.17, 15) is 4.79 Å². The van der Waals surface area contributed by atoms with Gasteiger partial charge in [0, 0.05) is 6.04 Å². The summed E-state index contributed by atoms with van der Waals surface area (Å²) in [6.07, 6.45) is 6.15. The summed E-state index contributed by atoms with van der Waals surface area (Å²) >= 11 is 0. The fourth-order valence-electron chi connectivity index (χ4n) is 2.75. The first-order valence-electron chi connectivity index (χ1n) is 5.74. The smallest absolute Gasteiger partial charge is 0.323 e. The summed E-state index contributed by atoms with van der Waals surface area (Å²) in [6.45, 7) is 2.35. The van der Waals surface area contributed by atoms with Gasteiger partial charge < -0.3 is 10.1 Å². The average Bonchev–Trinajstić information content (AvgIpc) is 2.61. The van der Waals surface area contributed by atoms with Gasteiger partial charge in [0.25, 0.3) is 0 Å². The molecule has 0 aromatic heterocycles. The normalized spacial score (nSPS) is 36.5. The molecule has 1 aliphatic heterocycles. The van der Waals surface area contributed by atoms with Gasteiger partial charge in [-0.3, -0.25) is 4.79 Å². The zero-order valence-corrected chi connectivity index (χ0v) is 8.79. The van der Waals surface area contributed by atoms with Crippen LogP contribution in [-0.4, -0.2) is 24.7 Å². The van der Waals surface area contributed by atoms with E-state index in [0.29, 0.717) is 12.6 Å². The third-order valence-corrected chi connectivity index (χ3v) is 3.43. The number of rotatable bonds is 2. The topological polar surface area (TPSA) is 38.3 Å². The first-order valence-corrected chi connectivity index (χ1v) is 5.74. The van der Waals surface area contributed by atoms with Gasteiger partial charge in [-0.15, -0.1) is 0 Å². The first kappa shape index (κ1) is 9.97. The van der Waals surface area contributed by atoms with Crippen LogP contribution in [0.25, 0.3) is 0 Å². The fraction of sp³-hybridized carbons (Fsp3) is 0.909. The summed E-state index contributed by atoms with van der Waals surface area (Å²) in [5, 5.41) is 3.40. The molecule has 1 saturated carbocycles. The van der Waals surface area contributed by atoms with Crippen LogP contribution in [0.5, 0.6) is 0 Å². The number of carbonyl (C=O) groups excluding carboxylic acids is 1. The van der Waals surface area contributed by atoms with Crippen LogP contribution < -0.4 is 5.32 Å². The Bertz CT molecular complexity index is 203. The Balaban J connectivity index is 1.89. The zero-order chi connectivity index (χ0) is 9.97. The molecule has 0 spiro atoms. The van der Waals surface area contributed by atoms with Crippen LogP contribution in [0, 0.1) is 5.92 Å². The largest absolute Gasteiger partial charge is 0.465 e.